The van der Waals surface area contributed by atoms with Gasteiger partial charge in [-0.15, -0.1) is 0 Å². The Labute approximate surface area is 82.3 Å². The topological polar surface area (TPSA) is 3.24 Å². The Morgan fingerprint density at radius 3 is 1.93 bits per heavy atom. The van der Waals surface area contributed by atoms with Crippen molar-refractivity contribution < 1.29 is 13.2 Å². The standard InChI is InChI=1S/C10H16F3N/c1-6(2)14-8-3-7(10(11,12)13)4-9(14)5-8/h6-9H,3-5H2,1-2H3. The molecule has 0 amide bonds. The Morgan fingerprint density at radius 2 is 1.57 bits per heavy atom. The number of hydrogen-bond acceptors (Lipinski definition) is 1. The normalized spacial score (nSPS) is 38.6. The van der Waals surface area contributed by atoms with Crippen LogP contribution < -0.4 is 0 Å². The summed E-state index contributed by atoms with van der Waals surface area (Å²) in [5.74, 6) is -1.04. The third kappa shape index (κ3) is 1.53. The van der Waals surface area contributed by atoms with Crippen LogP contribution in [0.2, 0.25) is 0 Å². The van der Waals surface area contributed by atoms with E-state index in [2.05, 4.69) is 18.7 Å². The van der Waals surface area contributed by atoms with E-state index in [1.54, 1.807) is 0 Å². The molecule has 2 saturated heterocycles. The summed E-state index contributed by atoms with van der Waals surface area (Å²) in [7, 11) is 0. The molecule has 3 rings (SSSR count). The molecular weight excluding hydrogens is 191 g/mol. The Morgan fingerprint density at radius 1 is 1.07 bits per heavy atom. The lowest BCUT2D eigenvalue weighted by Gasteiger charge is -2.57. The van der Waals surface area contributed by atoms with Gasteiger partial charge in [0.15, 0.2) is 0 Å². The van der Waals surface area contributed by atoms with Gasteiger partial charge < -0.3 is 0 Å². The smallest absolute Gasteiger partial charge is 0.295 e. The van der Waals surface area contributed by atoms with Gasteiger partial charge in [-0.1, -0.05) is 0 Å². The van der Waals surface area contributed by atoms with Crippen LogP contribution in [0.3, 0.4) is 0 Å². The highest BCUT2D eigenvalue weighted by Crippen LogP contribution is 2.47. The lowest BCUT2D eigenvalue weighted by atomic mass is 9.72. The van der Waals surface area contributed by atoms with E-state index >= 15 is 0 Å². The molecule has 14 heavy (non-hydrogen) atoms. The van der Waals surface area contributed by atoms with E-state index in [4.69, 9.17) is 0 Å². The van der Waals surface area contributed by atoms with Crippen LogP contribution in [0.15, 0.2) is 0 Å². The molecule has 0 N–H and O–H groups in total. The number of fused-ring (bicyclic) bond motifs is 2. The first-order chi connectivity index (χ1) is 6.39. The fourth-order valence-corrected chi connectivity index (χ4v) is 3.02. The average Bonchev–Trinajstić information content (AvgIpc) is 2.01. The molecule has 0 aromatic heterocycles. The minimum absolute atomic E-state index is 0.195. The summed E-state index contributed by atoms with van der Waals surface area (Å²) in [5, 5.41) is 0. The van der Waals surface area contributed by atoms with Gasteiger partial charge in [-0.3, -0.25) is 4.90 Å². The second-order valence-electron chi connectivity index (χ2n) is 4.79. The molecule has 2 bridgehead atoms. The van der Waals surface area contributed by atoms with Crippen LogP contribution in [0, 0.1) is 5.92 Å². The van der Waals surface area contributed by atoms with E-state index in [0.29, 0.717) is 18.9 Å². The first-order valence-corrected chi connectivity index (χ1v) is 5.23. The molecule has 0 spiro atoms. The molecule has 2 unspecified atom stereocenters. The Balaban J connectivity index is 1.98. The quantitative estimate of drug-likeness (QED) is 0.639. The first kappa shape index (κ1) is 10.3. The molecule has 2 aliphatic heterocycles. The molecule has 82 valence electrons. The van der Waals surface area contributed by atoms with E-state index in [-0.39, 0.29) is 12.1 Å². The van der Waals surface area contributed by atoms with Gasteiger partial charge in [0.2, 0.25) is 0 Å². The number of piperidine rings is 1. The highest BCUT2D eigenvalue weighted by molar-refractivity contribution is 5.02. The minimum atomic E-state index is -3.97. The number of alkyl halides is 3. The summed E-state index contributed by atoms with van der Waals surface area (Å²) >= 11 is 0. The lowest BCUT2D eigenvalue weighted by Crippen LogP contribution is -2.64. The molecule has 0 aromatic rings. The molecule has 2 heterocycles. The third-order valence-electron chi connectivity index (χ3n) is 3.56. The second kappa shape index (κ2) is 3.12. The van der Waals surface area contributed by atoms with Gasteiger partial charge in [0.05, 0.1) is 5.92 Å². The maximum Gasteiger partial charge on any atom is 0.391 e. The predicted molar refractivity (Wildman–Crippen MR) is 47.9 cm³/mol. The summed E-state index contributed by atoms with van der Waals surface area (Å²) < 4.78 is 37.3. The van der Waals surface area contributed by atoms with Gasteiger partial charge in [-0.05, 0) is 33.1 Å². The zero-order valence-corrected chi connectivity index (χ0v) is 8.51. The van der Waals surface area contributed by atoms with Crippen LogP contribution in [0.25, 0.3) is 0 Å². The third-order valence-corrected chi connectivity index (χ3v) is 3.56. The Bertz CT molecular complexity index is 212. The van der Waals surface area contributed by atoms with Crippen LogP contribution in [0.1, 0.15) is 33.1 Å². The Hall–Kier alpha value is -0.250. The van der Waals surface area contributed by atoms with E-state index in [9.17, 15) is 13.2 Å². The number of hydrogen-bond donors (Lipinski definition) is 0. The van der Waals surface area contributed by atoms with Gasteiger partial charge in [-0.25, -0.2) is 0 Å². The molecule has 1 aliphatic carbocycles. The zero-order valence-electron chi connectivity index (χ0n) is 8.51. The monoisotopic (exact) mass is 207 g/mol. The van der Waals surface area contributed by atoms with E-state index in [0.717, 1.165) is 6.42 Å². The molecule has 0 aromatic carbocycles. The van der Waals surface area contributed by atoms with Crippen molar-refractivity contribution in [2.45, 2.75) is 57.4 Å². The number of nitrogens with zero attached hydrogens (tertiary/aromatic N) is 1. The molecule has 1 nitrogen and oxygen atoms in total. The summed E-state index contributed by atoms with van der Waals surface area (Å²) in [6.45, 7) is 4.13. The van der Waals surface area contributed by atoms with Crippen LogP contribution in [-0.4, -0.2) is 29.2 Å². The summed E-state index contributed by atoms with van der Waals surface area (Å²) in [5.41, 5.74) is 0. The van der Waals surface area contributed by atoms with E-state index in [1.807, 2.05) is 0 Å². The van der Waals surface area contributed by atoms with Crippen molar-refractivity contribution in [2.24, 2.45) is 5.92 Å². The van der Waals surface area contributed by atoms with Crippen LogP contribution in [-0.2, 0) is 0 Å². The van der Waals surface area contributed by atoms with Crippen molar-refractivity contribution in [3.8, 4) is 0 Å². The maximum atomic E-state index is 12.4. The van der Waals surface area contributed by atoms with Gasteiger partial charge >= 0.3 is 6.18 Å². The average molecular weight is 207 g/mol. The fourth-order valence-electron chi connectivity index (χ4n) is 3.02. The van der Waals surface area contributed by atoms with Gasteiger partial charge in [0.1, 0.15) is 0 Å². The molecular formula is C10H16F3N. The van der Waals surface area contributed by atoms with Crippen molar-refractivity contribution >= 4 is 0 Å². The predicted octanol–water partition coefficient (Wildman–Crippen LogP) is 2.81. The van der Waals surface area contributed by atoms with E-state index in [1.165, 1.54) is 0 Å². The maximum absolute atomic E-state index is 12.4. The molecule has 3 aliphatic rings. The van der Waals surface area contributed by atoms with Crippen molar-refractivity contribution in [2.75, 3.05) is 0 Å². The fraction of sp³-hybridized carbons (Fsp3) is 1.00. The minimum Gasteiger partial charge on any atom is -0.295 e. The van der Waals surface area contributed by atoms with Crippen molar-refractivity contribution in [1.29, 1.82) is 0 Å². The largest absolute Gasteiger partial charge is 0.391 e. The lowest BCUT2D eigenvalue weighted by molar-refractivity contribution is -0.215. The van der Waals surface area contributed by atoms with Crippen LogP contribution >= 0.6 is 0 Å². The second-order valence-corrected chi connectivity index (χ2v) is 4.79. The van der Waals surface area contributed by atoms with Gasteiger partial charge in [-0.2, -0.15) is 13.2 Å². The van der Waals surface area contributed by atoms with Gasteiger partial charge in [0, 0.05) is 18.1 Å². The highest BCUT2D eigenvalue weighted by atomic mass is 19.4. The highest BCUT2D eigenvalue weighted by Gasteiger charge is 2.53. The van der Waals surface area contributed by atoms with Gasteiger partial charge in [0.25, 0.3) is 0 Å². The molecule has 0 radical (unpaired) electrons. The van der Waals surface area contributed by atoms with Crippen molar-refractivity contribution in [1.82, 2.24) is 4.90 Å². The molecule has 2 atom stereocenters. The summed E-state index contributed by atoms with van der Waals surface area (Å²) in [4.78, 5) is 2.24. The first-order valence-electron chi connectivity index (χ1n) is 5.23. The summed E-state index contributed by atoms with van der Waals surface area (Å²) in [6.07, 6.45) is -2.36. The van der Waals surface area contributed by atoms with E-state index < -0.39 is 12.1 Å². The number of rotatable bonds is 1. The number of halogens is 3. The molecule has 4 heteroatoms. The Kier molecular flexibility index (Phi) is 2.29. The summed E-state index contributed by atoms with van der Waals surface area (Å²) in [6, 6.07) is 0.786. The molecule has 1 saturated carbocycles. The van der Waals surface area contributed by atoms with Crippen molar-refractivity contribution in [3.05, 3.63) is 0 Å². The van der Waals surface area contributed by atoms with Crippen LogP contribution in [0.4, 0.5) is 13.2 Å². The molecule has 3 fully saturated rings. The van der Waals surface area contributed by atoms with Crippen molar-refractivity contribution in [3.63, 3.8) is 0 Å². The SMILES string of the molecule is CC(C)N1C2CC1CC(C(F)(F)F)C2. The van der Waals surface area contributed by atoms with Crippen LogP contribution in [0.5, 0.6) is 0 Å². The zero-order chi connectivity index (χ0) is 10.5.